The van der Waals surface area contributed by atoms with Crippen LogP contribution in [0.25, 0.3) is 27.5 Å². The SMILES string of the molecule is Cc1[nH]nc2cnc(C(=O)Nc3ccc4c(c3)nc(CN3CC=C(c5cccc(OCc6ccc(Cl)cc6F)n5)CC3)n4C[C@@H]3CCO3)cc12. The first-order valence-corrected chi connectivity index (χ1v) is 16.9. The summed E-state index contributed by atoms with van der Waals surface area (Å²) in [5, 5.41) is 11.3. The van der Waals surface area contributed by atoms with Crippen molar-refractivity contribution in [2.75, 3.05) is 25.0 Å². The van der Waals surface area contributed by atoms with Crippen LogP contribution in [-0.4, -0.2) is 66.3 Å². The van der Waals surface area contributed by atoms with Crippen LogP contribution in [0.3, 0.4) is 0 Å². The standard InChI is InChI=1S/C37H34ClFN8O3/c1-22-28-17-32(40-18-33(28)45-44-22)37(48)41-26-7-8-34-31(16-26)42-35(47(34)19-27-11-14-49-27)20-46-12-9-23(10-13-46)30-3-2-4-36(43-30)50-21-24-5-6-25(38)15-29(24)39/h2-9,15-18,27H,10-14,19-21H2,1H3,(H,41,48)(H,44,45)/t27-/m0/s1. The summed E-state index contributed by atoms with van der Waals surface area (Å²) >= 11 is 5.87. The smallest absolute Gasteiger partial charge is 0.274 e. The summed E-state index contributed by atoms with van der Waals surface area (Å²) in [5.74, 6) is 0.679. The third kappa shape index (κ3) is 6.69. The number of halogens is 2. The molecule has 1 amide bonds. The summed E-state index contributed by atoms with van der Waals surface area (Å²) in [7, 11) is 0. The van der Waals surface area contributed by atoms with Gasteiger partial charge in [-0.2, -0.15) is 5.10 Å². The maximum Gasteiger partial charge on any atom is 0.274 e. The number of fused-ring (bicyclic) bond motifs is 2. The number of hydrogen-bond acceptors (Lipinski definition) is 8. The summed E-state index contributed by atoms with van der Waals surface area (Å²) in [6.45, 7) is 5.68. The molecule has 0 unspecified atom stereocenters. The number of carbonyl (C=O) groups excluding carboxylic acids is 1. The van der Waals surface area contributed by atoms with E-state index < -0.39 is 5.82 Å². The monoisotopic (exact) mass is 692 g/mol. The maximum atomic E-state index is 14.2. The molecule has 2 aromatic carbocycles. The third-order valence-electron chi connectivity index (χ3n) is 9.23. The number of hydrogen-bond donors (Lipinski definition) is 2. The van der Waals surface area contributed by atoms with E-state index in [0.717, 1.165) is 83.8 Å². The number of anilines is 1. The Labute approximate surface area is 292 Å². The first-order valence-electron chi connectivity index (χ1n) is 16.5. The predicted octanol–water partition coefficient (Wildman–Crippen LogP) is 6.71. The van der Waals surface area contributed by atoms with Crippen molar-refractivity contribution in [3.63, 3.8) is 0 Å². The molecular formula is C37H34ClFN8O3. The minimum absolute atomic E-state index is 0.0618. The molecule has 2 N–H and O–H groups in total. The van der Waals surface area contributed by atoms with Gasteiger partial charge < -0.3 is 19.4 Å². The highest BCUT2D eigenvalue weighted by molar-refractivity contribution is 6.30. The van der Waals surface area contributed by atoms with Crippen molar-refractivity contribution in [3.8, 4) is 5.88 Å². The van der Waals surface area contributed by atoms with E-state index in [1.54, 1.807) is 30.5 Å². The Hall–Kier alpha value is -5.17. The van der Waals surface area contributed by atoms with E-state index >= 15 is 0 Å². The van der Waals surface area contributed by atoms with Crippen LogP contribution < -0.4 is 10.1 Å². The fourth-order valence-corrected chi connectivity index (χ4v) is 6.49. The Morgan fingerprint density at radius 1 is 1.14 bits per heavy atom. The number of pyridine rings is 2. The number of aryl methyl sites for hydroxylation is 1. The number of aromatic nitrogens is 6. The average molecular weight is 693 g/mol. The molecule has 2 aliphatic heterocycles. The molecule has 6 heterocycles. The summed E-state index contributed by atoms with van der Waals surface area (Å²) in [4.78, 5) is 29.5. The molecule has 4 aromatic heterocycles. The Bertz CT molecular complexity index is 2260. The molecule has 11 nitrogen and oxygen atoms in total. The quantitative estimate of drug-likeness (QED) is 0.162. The van der Waals surface area contributed by atoms with Gasteiger partial charge in [-0.3, -0.25) is 14.8 Å². The summed E-state index contributed by atoms with van der Waals surface area (Å²) in [5.41, 5.74) is 6.76. The Morgan fingerprint density at radius 2 is 2.04 bits per heavy atom. The maximum absolute atomic E-state index is 14.2. The molecule has 50 heavy (non-hydrogen) atoms. The number of H-pyrrole nitrogens is 1. The van der Waals surface area contributed by atoms with Crippen LogP contribution in [0.5, 0.6) is 5.88 Å². The van der Waals surface area contributed by atoms with E-state index in [2.05, 4.69) is 36.0 Å². The van der Waals surface area contributed by atoms with E-state index in [-0.39, 0.29) is 18.6 Å². The van der Waals surface area contributed by atoms with Crippen LogP contribution in [0, 0.1) is 12.7 Å². The van der Waals surface area contributed by atoms with E-state index in [0.29, 0.717) is 34.4 Å². The van der Waals surface area contributed by atoms with Crippen molar-refractivity contribution in [2.24, 2.45) is 0 Å². The third-order valence-corrected chi connectivity index (χ3v) is 9.46. The van der Waals surface area contributed by atoms with Crippen molar-refractivity contribution < 1.29 is 18.7 Å². The highest BCUT2D eigenvalue weighted by atomic mass is 35.5. The number of nitrogens with one attached hydrogen (secondary N) is 2. The lowest BCUT2D eigenvalue weighted by molar-refractivity contribution is -0.0591. The molecule has 0 saturated carbocycles. The van der Waals surface area contributed by atoms with Gasteiger partial charge in [0.15, 0.2) is 0 Å². The van der Waals surface area contributed by atoms with Crippen molar-refractivity contribution in [1.82, 2.24) is 34.6 Å². The molecule has 0 spiro atoms. The van der Waals surface area contributed by atoms with Crippen molar-refractivity contribution in [2.45, 2.75) is 45.6 Å². The number of nitrogens with zero attached hydrogens (tertiary/aromatic N) is 6. The second kappa shape index (κ2) is 13.6. The number of rotatable bonds is 10. The van der Waals surface area contributed by atoms with Crippen molar-refractivity contribution in [3.05, 3.63) is 112 Å². The minimum Gasteiger partial charge on any atom is -0.473 e. The normalized spacial score (nSPS) is 16.4. The van der Waals surface area contributed by atoms with E-state index in [1.165, 1.54) is 6.07 Å². The number of aromatic amines is 1. The number of amides is 1. The fraction of sp³-hybridized carbons (Fsp3) is 0.270. The first-order chi connectivity index (χ1) is 24.4. The van der Waals surface area contributed by atoms with Crippen LogP contribution in [0.4, 0.5) is 10.1 Å². The van der Waals surface area contributed by atoms with Gasteiger partial charge in [-0.05, 0) is 67.8 Å². The molecule has 1 atom stereocenters. The van der Waals surface area contributed by atoms with Gasteiger partial charge in [0.05, 0.1) is 42.1 Å². The lowest BCUT2D eigenvalue weighted by atomic mass is 10.0. The van der Waals surface area contributed by atoms with Gasteiger partial charge in [-0.25, -0.2) is 19.3 Å². The van der Waals surface area contributed by atoms with Crippen LogP contribution in [0.1, 0.15) is 46.1 Å². The number of benzene rings is 2. The van der Waals surface area contributed by atoms with Crippen LogP contribution in [-0.2, 0) is 24.4 Å². The zero-order valence-corrected chi connectivity index (χ0v) is 28.1. The van der Waals surface area contributed by atoms with Gasteiger partial charge in [-0.1, -0.05) is 29.8 Å². The molecule has 13 heteroatoms. The van der Waals surface area contributed by atoms with Crippen LogP contribution in [0.2, 0.25) is 5.02 Å². The van der Waals surface area contributed by atoms with Crippen molar-refractivity contribution in [1.29, 1.82) is 0 Å². The Morgan fingerprint density at radius 3 is 2.84 bits per heavy atom. The summed E-state index contributed by atoms with van der Waals surface area (Å²) in [6.07, 6.45) is 5.77. The molecule has 0 radical (unpaired) electrons. The Kier molecular flexibility index (Phi) is 8.73. The minimum atomic E-state index is -0.406. The Balaban J connectivity index is 0.962. The lowest BCUT2D eigenvalue weighted by Crippen LogP contribution is -2.33. The molecule has 0 aliphatic carbocycles. The highest BCUT2D eigenvalue weighted by Gasteiger charge is 2.24. The topological polar surface area (TPSA) is 123 Å². The molecule has 0 bridgehead atoms. The number of imidazole rings is 1. The van der Waals surface area contributed by atoms with Crippen LogP contribution in [0.15, 0.2) is 72.9 Å². The van der Waals surface area contributed by atoms with Crippen LogP contribution >= 0.6 is 11.6 Å². The molecule has 1 saturated heterocycles. The fourth-order valence-electron chi connectivity index (χ4n) is 6.33. The summed E-state index contributed by atoms with van der Waals surface area (Å²) in [6, 6.07) is 17.8. The second-order valence-corrected chi connectivity index (χ2v) is 13.0. The summed E-state index contributed by atoms with van der Waals surface area (Å²) < 4.78 is 28.1. The molecule has 6 aromatic rings. The van der Waals surface area contributed by atoms with E-state index in [4.69, 9.17) is 31.0 Å². The number of carbonyl (C=O) groups is 1. The van der Waals surface area contributed by atoms with E-state index in [1.807, 2.05) is 37.3 Å². The molecule has 2 aliphatic rings. The largest absolute Gasteiger partial charge is 0.473 e. The average Bonchev–Trinajstić information content (AvgIpc) is 3.64. The van der Waals surface area contributed by atoms with Crippen molar-refractivity contribution >= 4 is 50.7 Å². The molecule has 1 fully saturated rings. The zero-order valence-electron chi connectivity index (χ0n) is 27.3. The lowest BCUT2D eigenvalue weighted by Gasteiger charge is -2.29. The van der Waals surface area contributed by atoms with Gasteiger partial charge in [-0.15, -0.1) is 0 Å². The van der Waals surface area contributed by atoms with Gasteiger partial charge in [0, 0.05) is 53.1 Å². The zero-order chi connectivity index (χ0) is 34.2. The van der Waals surface area contributed by atoms with Gasteiger partial charge >= 0.3 is 0 Å². The first kappa shape index (κ1) is 32.1. The second-order valence-electron chi connectivity index (χ2n) is 12.6. The number of ether oxygens (including phenoxy) is 2. The predicted molar refractivity (Wildman–Crippen MR) is 189 cm³/mol. The molecule has 254 valence electrons. The van der Waals surface area contributed by atoms with Gasteiger partial charge in [0.1, 0.15) is 29.5 Å². The molecule has 8 rings (SSSR count). The molecular weight excluding hydrogens is 659 g/mol. The van der Waals surface area contributed by atoms with Gasteiger partial charge in [0.2, 0.25) is 5.88 Å². The van der Waals surface area contributed by atoms with E-state index in [9.17, 15) is 9.18 Å². The highest BCUT2D eigenvalue weighted by Crippen LogP contribution is 2.28. The van der Waals surface area contributed by atoms with Gasteiger partial charge in [0.25, 0.3) is 5.91 Å².